The smallest absolute Gasteiger partial charge is 0.271 e. The molecule has 5 heteroatoms. The van der Waals surface area contributed by atoms with Crippen molar-refractivity contribution in [1.29, 1.82) is 0 Å². The zero-order chi connectivity index (χ0) is 14.5. The molecule has 1 fully saturated rings. The summed E-state index contributed by atoms with van der Waals surface area (Å²) in [7, 11) is 0. The van der Waals surface area contributed by atoms with E-state index >= 15 is 0 Å². The fourth-order valence-electron chi connectivity index (χ4n) is 2.60. The van der Waals surface area contributed by atoms with Gasteiger partial charge in [0.2, 0.25) is 0 Å². The van der Waals surface area contributed by atoms with Crippen LogP contribution < -0.4 is 10.2 Å². The van der Waals surface area contributed by atoms with Crippen molar-refractivity contribution in [2.45, 2.75) is 18.9 Å². The van der Waals surface area contributed by atoms with Crippen LogP contribution in [0.2, 0.25) is 0 Å². The standard InChI is InChI=1S/C16H18N4O/c21-16(15-12-17-8-9-18-15)19-13-6-10-20(11-7-13)14-4-2-1-3-5-14/h1-5,8-9,12-13H,6-7,10-11H2,(H,19,21). The molecule has 3 rings (SSSR count). The number of carbonyl (C=O) groups is 1. The largest absolute Gasteiger partial charge is 0.371 e. The van der Waals surface area contributed by atoms with Crippen molar-refractivity contribution in [2.75, 3.05) is 18.0 Å². The van der Waals surface area contributed by atoms with Gasteiger partial charge in [-0.25, -0.2) is 4.98 Å². The van der Waals surface area contributed by atoms with Crippen molar-refractivity contribution in [3.05, 3.63) is 54.6 Å². The van der Waals surface area contributed by atoms with Gasteiger partial charge in [-0.05, 0) is 25.0 Å². The predicted molar refractivity (Wildman–Crippen MR) is 81.2 cm³/mol. The molecule has 0 radical (unpaired) electrons. The first-order chi connectivity index (χ1) is 10.3. The molecule has 0 saturated carbocycles. The minimum Gasteiger partial charge on any atom is -0.371 e. The SMILES string of the molecule is O=C(NC1CCN(c2ccccc2)CC1)c1cnccn1. The summed E-state index contributed by atoms with van der Waals surface area (Å²) in [6.07, 6.45) is 6.48. The molecule has 5 nitrogen and oxygen atoms in total. The Balaban J connectivity index is 1.53. The van der Waals surface area contributed by atoms with Crippen molar-refractivity contribution < 1.29 is 4.79 Å². The second kappa shape index (κ2) is 6.35. The quantitative estimate of drug-likeness (QED) is 0.933. The van der Waals surface area contributed by atoms with E-state index in [4.69, 9.17) is 0 Å². The molecule has 1 aliphatic rings. The van der Waals surface area contributed by atoms with Gasteiger partial charge in [0.05, 0.1) is 6.20 Å². The molecule has 1 saturated heterocycles. The number of amides is 1. The lowest BCUT2D eigenvalue weighted by Gasteiger charge is -2.33. The number of piperidine rings is 1. The number of nitrogens with one attached hydrogen (secondary N) is 1. The van der Waals surface area contributed by atoms with E-state index < -0.39 is 0 Å². The van der Waals surface area contributed by atoms with Crippen molar-refractivity contribution in [3.8, 4) is 0 Å². The minimum atomic E-state index is -0.138. The molecule has 0 bridgehead atoms. The van der Waals surface area contributed by atoms with Crippen molar-refractivity contribution in [3.63, 3.8) is 0 Å². The van der Waals surface area contributed by atoms with E-state index in [-0.39, 0.29) is 11.9 Å². The summed E-state index contributed by atoms with van der Waals surface area (Å²) >= 11 is 0. The molecule has 1 N–H and O–H groups in total. The van der Waals surface area contributed by atoms with Gasteiger partial charge < -0.3 is 10.2 Å². The maximum Gasteiger partial charge on any atom is 0.271 e. The van der Waals surface area contributed by atoms with Crippen LogP contribution in [0.25, 0.3) is 0 Å². The molecule has 2 heterocycles. The van der Waals surface area contributed by atoms with Gasteiger partial charge in [0.25, 0.3) is 5.91 Å². The number of hydrogen-bond acceptors (Lipinski definition) is 4. The van der Waals surface area contributed by atoms with Gasteiger partial charge in [-0.15, -0.1) is 0 Å². The number of carbonyl (C=O) groups excluding carboxylic acids is 1. The molecule has 1 aliphatic heterocycles. The molecule has 1 amide bonds. The topological polar surface area (TPSA) is 58.1 Å². The fraction of sp³-hybridized carbons (Fsp3) is 0.312. The third-order valence-electron chi connectivity index (χ3n) is 3.75. The summed E-state index contributed by atoms with van der Waals surface area (Å²) in [6.45, 7) is 1.91. The zero-order valence-electron chi connectivity index (χ0n) is 11.8. The summed E-state index contributed by atoms with van der Waals surface area (Å²) in [4.78, 5) is 22.3. The minimum absolute atomic E-state index is 0.138. The first-order valence-corrected chi connectivity index (χ1v) is 7.20. The monoisotopic (exact) mass is 282 g/mol. The lowest BCUT2D eigenvalue weighted by Crippen LogP contribution is -2.44. The Labute approximate surface area is 124 Å². The van der Waals surface area contributed by atoms with E-state index in [0.29, 0.717) is 5.69 Å². The van der Waals surface area contributed by atoms with Gasteiger partial charge in [-0.1, -0.05) is 18.2 Å². The van der Waals surface area contributed by atoms with Crippen LogP contribution in [-0.2, 0) is 0 Å². The lowest BCUT2D eigenvalue weighted by atomic mass is 10.0. The molecular weight excluding hydrogens is 264 g/mol. The number of para-hydroxylation sites is 1. The summed E-state index contributed by atoms with van der Waals surface area (Å²) in [6, 6.07) is 10.6. The Morgan fingerprint density at radius 3 is 2.57 bits per heavy atom. The number of anilines is 1. The zero-order valence-corrected chi connectivity index (χ0v) is 11.8. The maximum atomic E-state index is 12.0. The normalized spacial score (nSPS) is 15.7. The Bertz CT molecular complexity index is 580. The summed E-state index contributed by atoms with van der Waals surface area (Å²) in [5, 5.41) is 3.04. The van der Waals surface area contributed by atoms with E-state index in [2.05, 4.69) is 44.5 Å². The summed E-state index contributed by atoms with van der Waals surface area (Å²) < 4.78 is 0. The Morgan fingerprint density at radius 2 is 1.90 bits per heavy atom. The molecule has 0 spiro atoms. The molecule has 0 atom stereocenters. The van der Waals surface area contributed by atoms with Crippen molar-refractivity contribution in [2.24, 2.45) is 0 Å². The van der Waals surface area contributed by atoms with Crippen LogP contribution in [0, 0.1) is 0 Å². The average Bonchev–Trinajstić information content (AvgIpc) is 2.57. The van der Waals surface area contributed by atoms with Gasteiger partial charge in [-0.3, -0.25) is 9.78 Å². The van der Waals surface area contributed by atoms with Crippen LogP contribution >= 0.6 is 0 Å². The summed E-state index contributed by atoms with van der Waals surface area (Å²) in [5.74, 6) is -0.138. The fourth-order valence-corrected chi connectivity index (χ4v) is 2.60. The van der Waals surface area contributed by atoms with Crippen LogP contribution in [0.5, 0.6) is 0 Å². The first kappa shape index (κ1) is 13.5. The Kier molecular flexibility index (Phi) is 4.09. The molecule has 21 heavy (non-hydrogen) atoms. The lowest BCUT2D eigenvalue weighted by molar-refractivity contribution is 0.0925. The highest BCUT2D eigenvalue weighted by Crippen LogP contribution is 2.19. The second-order valence-corrected chi connectivity index (χ2v) is 5.16. The third-order valence-corrected chi connectivity index (χ3v) is 3.75. The van der Waals surface area contributed by atoms with Crippen LogP contribution in [-0.4, -0.2) is 35.0 Å². The number of nitrogens with zero attached hydrogens (tertiary/aromatic N) is 3. The Hall–Kier alpha value is -2.43. The van der Waals surface area contributed by atoms with Crippen molar-refractivity contribution >= 4 is 11.6 Å². The molecule has 2 aromatic rings. The number of aromatic nitrogens is 2. The van der Waals surface area contributed by atoms with Gasteiger partial charge in [-0.2, -0.15) is 0 Å². The van der Waals surface area contributed by atoms with E-state index in [1.54, 1.807) is 6.20 Å². The average molecular weight is 282 g/mol. The van der Waals surface area contributed by atoms with Crippen LogP contribution in [0.1, 0.15) is 23.3 Å². The molecular formula is C16H18N4O. The molecule has 108 valence electrons. The molecule has 1 aromatic carbocycles. The number of hydrogen-bond donors (Lipinski definition) is 1. The highest BCUT2D eigenvalue weighted by atomic mass is 16.1. The van der Waals surface area contributed by atoms with Gasteiger partial charge in [0.15, 0.2) is 0 Å². The van der Waals surface area contributed by atoms with E-state index in [9.17, 15) is 4.79 Å². The third kappa shape index (κ3) is 3.37. The van der Waals surface area contributed by atoms with Gasteiger partial charge in [0.1, 0.15) is 5.69 Å². The predicted octanol–water partition coefficient (Wildman–Crippen LogP) is 1.88. The molecule has 1 aromatic heterocycles. The van der Waals surface area contributed by atoms with Crippen molar-refractivity contribution in [1.82, 2.24) is 15.3 Å². The van der Waals surface area contributed by atoms with E-state index in [1.807, 2.05) is 6.07 Å². The number of benzene rings is 1. The van der Waals surface area contributed by atoms with Gasteiger partial charge >= 0.3 is 0 Å². The maximum absolute atomic E-state index is 12.0. The summed E-state index contributed by atoms with van der Waals surface area (Å²) in [5.41, 5.74) is 1.62. The van der Waals surface area contributed by atoms with E-state index in [1.165, 1.54) is 18.1 Å². The highest BCUT2D eigenvalue weighted by Gasteiger charge is 2.21. The van der Waals surface area contributed by atoms with Crippen LogP contribution in [0.3, 0.4) is 0 Å². The van der Waals surface area contributed by atoms with Crippen LogP contribution in [0.15, 0.2) is 48.9 Å². The number of rotatable bonds is 3. The molecule has 0 unspecified atom stereocenters. The second-order valence-electron chi connectivity index (χ2n) is 5.16. The Morgan fingerprint density at radius 1 is 1.14 bits per heavy atom. The van der Waals surface area contributed by atoms with E-state index in [0.717, 1.165) is 25.9 Å². The van der Waals surface area contributed by atoms with Gasteiger partial charge in [0, 0.05) is 37.2 Å². The first-order valence-electron chi connectivity index (χ1n) is 7.20. The van der Waals surface area contributed by atoms with Crippen LogP contribution in [0.4, 0.5) is 5.69 Å². The highest BCUT2D eigenvalue weighted by molar-refractivity contribution is 5.92. The molecule has 0 aliphatic carbocycles.